The van der Waals surface area contributed by atoms with Crippen LogP contribution in [0.2, 0.25) is 0 Å². The van der Waals surface area contributed by atoms with E-state index < -0.39 is 0 Å². The summed E-state index contributed by atoms with van der Waals surface area (Å²) in [5.41, 5.74) is 7.85. The van der Waals surface area contributed by atoms with E-state index in [1.54, 1.807) is 6.20 Å². The predicted molar refractivity (Wildman–Crippen MR) is 71.5 cm³/mol. The minimum Gasteiger partial charge on any atom is -0.318 e. The molecule has 2 aromatic rings. The molecule has 0 aliphatic heterocycles. The lowest BCUT2D eigenvalue weighted by atomic mass is 10.1. The summed E-state index contributed by atoms with van der Waals surface area (Å²) in [7, 11) is 0. The number of nitrogens with two attached hydrogens (primary N) is 1. The second-order valence-corrected chi connectivity index (χ2v) is 4.08. The zero-order chi connectivity index (χ0) is 12.1. The molecule has 0 spiro atoms. The summed E-state index contributed by atoms with van der Waals surface area (Å²) in [6.45, 7) is 2.11. The average molecular weight is 224 g/mol. The van der Waals surface area contributed by atoms with Gasteiger partial charge < -0.3 is 5.73 Å². The van der Waals surface area contributed by atoms with Crippen LogP contribution in [0.25, 0.3) is 10.9 Å². The first kappa shape index (κ1) is 11.6. The maximum absolute atomic E-state index is 5.86. The Balaban J connectivity index is 2.25. The zero-order valence-corrected chi connectivity index (χ0v) is 9.98. The van der Waals surface area contributed by atoms with E-state index in [-0.39, 0.29) is 6.04 Å². The number of fused-ring (bicyclic) bond motifs is 1. The quantitative estimate of drug-likeness (QED) is 0.797. The van der Waals surface area contributed by atoms with Crippen molar-refractivity contribution in [2.75, 3.05) is 0 Å². The molecule has 0 saturated carbocycles. The lowest BCUT2D eigenvalue weighted by Gasteiger charge is -2.00. The van der Waals surface area contributed by atoms with Crippen LogP contribution in [0.3, 0.4) is 0 Å². The van der Waals surface area contributed by atoms with Crippen molar-refractivity contribution in [2.24, 2.45) is 5.73 Å². The highest BCUT2D eigenvalue weighted by molar-refractivity contribution is 5.79. The van der Waals surface area contributed by atoms with E-state index in [4.69, 9.17) is 5.73 Å². The first-order valence-corrected chi connectivity index (χ1v) is 5.91. The van der Waals surface area contributed by atoms with Gasteiger partial charge in [0.1, 0.15) is 0 Å². The molecule has 0 aliphatic carbocycles. The summed E-state index contributed by atoms with van der Waals surface area (Å²) < 4.78 is 0. The second-order valence-electron chi connectivity index (χ2n) is 4.08. The Labute approximate surface area is 102 Å². The van der Waals surface area contributed by atoms with Crippen LogP contribution < -0.4 is 5.73 Å². The van der Waals surface area contributed by atoms with Gasteiger partial charge in [-0.3, -0.25) is 4.98 Å². The summed E-state index contributed by atoms with van der Waals surface area (Å²) in [4.78, 5) is 4.27. The number of aromatic nitrogens is 1. The van der Waals surface area contributed by atoms with Crippen LogP contribution in [0.4, 0.5) is 0 Å². The number of hydrogen-bond donors (Lipinski definition) is 1. The Morgan fingerprint density at radius 2 is 2.24 bits per heavy atom. The second kappa shape index (κ2) is 5.47. The highest BCUT2D eigenvalue weighted by Gasteiger charge is 1.96. The van der Waals surface area contributed by atoms with Gasteiger partial charge in [0.2, 0.25) is 0 Å². The van der Waals surface area contributed by atoms with Crippen LogP contribution in [-0.2, 0) is 0 Å². The van der Waals surface area contributed by atoms with Gasteiger partial charge >= 0.3 is 0 Å². The lowest BCUT2D eigenvalue weighted by Crippen LogP contribution is -2.16. The average Bonchev–Trinajstić information content (AvgIpc) is 2.36. The minimum atomic E-state index is -0.0235. The van der Waals surface area contributed by atoms with E-state index in [0.29, 0.717) is 0 Å². The summed E-state index contributed by atoms with van der Waals surface area (Å²) in [6.07, 6.45) is 3.81. The van der Waals surface area contributed by atoms with Crippen molar-refractivity contribution in [3.8, 4) is 11.8 Å². The number of rotatable bonds is 2. The Morgan fingerprint density at radius 3 is 3.06 bits per heavy atom. The van der Waals surface area contributed by atoms with E-state index in [1.807, 2.05) is 30.3 Å². The maximum atomic E-state index is 5.86. The lowest BCUT2D eigenvalue weighted by molar-refractivity contribution is 0.720. The Morgan fingerprint density at radius 1 is 1.35 bits per heavy atom. The number of pyridine rings is 1. The first-order chi connectivity index (χ1) is 8.29. The normalized spacial score (nSPS) is 11.9. The SMILES string of the molecule is CCCC(N)C#Cc1ccc2ncccc2c1. The molecule has 0 fully saturated rings. The highest BCUT2D eigenvalue weighted by Crippen LogP contribution is 2.12. The molecular formula is C15H16N2. The van der Waals surface area contributed by atoms with Gasteiger partial charge in [0.15, 0.2) is 0 Å². The largest absolute Gasteiger partial charge is 0.318 e. The third-order valence-corrected chi connectivity index (χ3v) is 2.60. The zero-order valence-electron chi connectivity index (χ0n) is 9.98. The molecule has 0 saturated heterocycles. The van der Waals surface area contributed by atoms with E-state index >= 15 is 0 Å². The van der Waals surface area contributed by atoms with Gasteiger partial charge in [0.05, 0.1) is 11.6 Å². The van der Waals surface area contributed by atoms with Crippen LogP contribution in [0.5, 0.6) is 0 Å². The number of benzene rings is 1. The van der Waals surface area contributed by atoms with Crippen LogP contribution in [0.1, 0.15) is 25.3 Å². The molecular weight excluding hydrogens is 208 g/mol. The van der Waals surface area contributed by atoms with Crippen molar-refractivity contribution in [2.45, 2.75) is 25.8 Å². The van der Waals surface area contributed by atoms with Gasteiger partial charge in [-0.1, -0.05) is 31.3 Å². The minimum absolute atomic E-state index is 0.0235. The van der Waals surface area contributed by atoms with E-state index in [2.05, 4.69) is 23.7 Å². The van der Waals surface area contributed by atoms with Gasteiger partial charge in [-0.15, -0.1) is 0 Å². The van der Waals surface area contributed by atoms with Crippen molar-refractivity contribution >= 4 is 10.9 Å². The predicted octanol–water partition coefficient (Wildman–Crippen LogP) is 2.71. The van der Waals surface area contributed by atoms with Gasteiger partial charge in [0, 0.05) is 17.1 Å². The fraction of sp³-hybridized carbons (Fsp3) is 0.267. The standard InChI is InChI=1S/C15H16N2/c1-2-4-14(16)8-6-12-7-9-15-13(11-12)5-3-10-17-15/h3,5,7,9-11,14H,2,4,16H2,1H3. The molecule has 17 heavy (non-hydrogen) atoms. The molecule has 1 heterocycles. The third kappa shape index (κ3) is 3.05. The molecule has 2 heteroatoms. The Kier molecular flexibility index (Phi) is 3.74. The van der Waals surface area contributed by atoms with Crippen molar-refractivity contribution in [3.63, 3.8) is 0 Å². The van der Waals surface area contributed by atoms with Gasteiger partial charge in [0.25, 0.3) is 0 Å². The molecule has 0 radical (unpaired) electrons. The van der Waals surface area contributed by atoms with Crippen LogP contribution in [0, 0.1) is 11.8 Å². The molecule has 2 N–H and O–H groups in total. The molecule has 2 rings (SSSR count). The fourth-order valence-electron chi connectivity index (χ4n) is 1.71. The van der Waals surface area contributed by atoms with E-state index in [1.165, 1.54) is 0 Å². The van der Waals surface area contributed by atoms with Gasteiger partial charge in [-0.05, 0) is 30.7 Å². The molecule has 0 bridgehead atoms. The summed E-state index contributed by atoms with van der Waals surface area (Å²) in [5.74, 6) is 6.19. The smallest absolute Gasteiger partial charge is 0.0702 e. The molecule has 86 valence electrons. The fourth-order valence-corrected chi connectivity index (χ4v) is 1.71. The first-order valence-electron chi connectivity index (χ1n) is 5.91. The maximum Gasteiger partial charge on any atom is 0.0702 e. The van der Waals surface area contributed by atoms with Crippen molar-refractivity contribution in [1.29, 1.82) is 0 Å². The van der Waals surface area contributed by atoms with E-state index in [0.717, 1.165) is 29.3 Å². The molecule has 1 unspecified atom stereocenters. The molecule has 2 nitrogen and oxygen atoms in total. The van der Waals surface area contributed by atoms with Crippen molar-refractivity contribution in [3.05, 3.63) is 42.1 Å². The van der Waals surface area contributed by atoms with Crippen molar-refractivity contribution in [1.82, 2.24) is 4.98 Å². The molecule has 1 aromatic carbocycles. The summed E-state index contributed by atoms with van der Waals surface area (Å²) in [5, 5.41) is 1.11. The Hall–Kier alpha value is -1.85. The van der Waals surface area contributed by atoms with Crippen LogP contribution >= 0.6 is 0 Å². The number of hydrogen-bond acceptors (Lipinski definition) is 2. The van der Waals surface area contributed by atoms with E-state index in [9.17, 15) is 0 Å². The molecule has 0 aliphatic rings. The summed E-state index contributed by atoms with van der Waals surface area (Å²) >= 11 is 0. The monoisotopic (exact) mass is 224 g/mol. The molecule has 0 amide bonds. The van der Waals surface area contributed by atoms with Gasteiger partial charge in [-0.2, -0.15) is 0 Å². The molecule has 1 atom stereocenters. The highest BCUT2D eigenvalue weighted by atomic mass is 14.6. The number of nitrogens with zero attached hydrogens (tertiary/aromatic N) is 1. The Bertz CT molecular complexity index is 564. The topological polar surface area (TPSA) is 38.9 Å². The van der Waals surface area contributed by atoms with Gasteiger partial charge in [-0.25, -0.2) is 0 Å². The summed E-state index contributed by atoms with van der Waals surface area (Å²) in [6, 6.07) is 9.98. The van der Waals surface area contributed by atoms with Crippen molar-refractivity contribution < 1.29 is 0 Å². The van der Waals surface area contributed by atoms with Crippen LogP contribution in [-0.4, -0.2) is 11.0 Å². The van der Waals surface area contributed by atoms with Crippen LogP contribution in [0.15, 0.2) is 36.5 Å². The molecule has 1 aromatic heterocycles. The third-order valence-electron chi connectivity index (χ3n) is 2.60.